The van der Waals surface area contributed by atoms with Crippen molar-refractivity contribution in [2.75, 3.05) is 16.4 Å². The molecule has 26 heavy (non-hydrogen) atoms. The highest BCUT2D eigenvalue weighted by atomic mass is 19.2. The van der Waals surface area contributed by atoms with Crippen molar-refractivity contribution in [2.45, 2.75) is 0 Å². The number of nitrogens with two attached hydrogens (primary N) is 1. The molecule has 0 saturated heterocycles. The highest BCUT2D eigenvalue weighted by Crippen LogP contribution is 2.28. The molecule has 0 spiro atoms. The summed E-state index contributed by atoms with van der Waals surface area (Å²) in [4.78, 5) is 18.9. The molecule has 0 aliphatic carbocycles. The molecule has 3 rings (SSSR count). The number of halogens is 2. The highest BCUT2D eigenvalue weighted by Gasteiger charge is 2.11. The first kappa shape index (κ1) is 17.1. The van der Waals surface area contributed by atoms with Gasteiger partial charge >= 0.3 is 5.97 Å². The maximum atomic E-state index is 13.3. The molecule has 132 valence electrons. The summed E-state index contributed by atoms with van der Waals surface area (Å²) in [5.41, 5.74) is 7.15. The SMILES string of the molecule is Nc1c(Nc2ccc(C(=O)O)cc2)ncnc1Nc1ccc(F)c(F)c1. The number of rotatable bonds is 5. The van der Waals surface area contributed by atoms with Crippen molar-refractivity contribution in [1.29, 1.82) is 0 Å². The summed E-state index contributed by atoms with van der Waals surface area (Å²) in [7, 11) is 0. The monoisotopic (exact) mass is 357 g/mol. The van der Waals surface area contributed by atoms with Crippen LogP contribution in [0.2, 0.25) is 0 Å². The molecule has 1 heterocycles. The van der Waals surface area contributed by atoms with Crippen LogP contribution in [0.15, 0.2) is 48.8 Å². The number of carboxylic acids is 1. The van der Waals surface area contributed by atoms with E-state index in [1.54, 1.807) is 12.1 Å². The fraction of sp³-hybridized carbons (Fsp3) is 0. The Hall–Kier alpha value is -3.75. The third-order valence-corrected chi connectivity index (χ3v) is 3.46. The van der Waals surface area contributed by atoms with Crippen molar-refractivity contribution in [2.24, 2.45) is 0 Å². The van der Waals surface area contributed by atoms with E-state index in [1.165, 1.54) is 24.5 Å². The molecule has 0 atom stereocenters. The van der Waals surface area contributed by atoms with Gasteiger partial charge in [0.1, 0.15) is 12.0 Å². The summed E-state index contributed by atoms with van der Waals surface area (Å²) < 4.78 is 26.3. The van der Waals surface area contributed by atoms with E-state index in [0.717, 1.165) is 12.1 Å². The van der Waals surface area contributed by atoms with Crippen molar-refractivity contribution in [3.8, 4) is 0 Å². The molecule has 0 radical (unpaired) electrons. The van der Waals surface area contributed by atoms with E-state index in [9.17, 15) is 13.6 Å². The number of hydrogen-bond donors (Lipinski definition) is 4. The van der Waals surface area contributed by atoms with Crippen LogP contribution in [0, 0.1) is 11.6 Å². The summed E-state index contributed by atoms with van der Waals surface area (Å²) in [5, 5.41) is 14.6. The van der Waals surface area contributed by atoms with Crippen molar-refractivity contribution < 1.29 is 18.7 Å². The summed E-state index contributed by atoms with van der Waals surface area (Å²) in [6.07, 6.45) is 1.24. The van der Waals surface area contributed by atoms with Crippen LogP contribution in [0.25, 0.3) is 0 Å². The minimum Gasteiger partial charge on any atom is -0.478 e. The first-order valence-electron chi connectivity index (χ1n) is 7.37. The molecule has 0 aliphatic heterocycles. The van der Waals surface area contributed by atoms with Gasteiger partial charge in [0.2, 0.25) is 0 Å². The smallest absolute Gasteiger partial charge is 0.335 e. The van der Waals surface area contributed by atoms with Gasteiger partial charge in [0.15, 0.2) is 23.3 Å². The molecule has 0 amide bonds. The Morgan fingerprint density at radius 2 is 1.50 bits per heavy atom. The number of benzene rings is 2. The number of aromatic nitrogens is 2. The molecule has 5 N–H and O–H groups in total. The number of hydrogen-bond acceptors (Lipinski definition) is 6. The van der Waals surface area contributed by atoms with Gasteiger partial charge < -0.3 is 21.5 Å². The Labute approximate surface area is 146 Å². The first-order valence-corrected chi connectivity index (χ1v) is 7.37. The molecule has 1 aromatic heterocycles. The Morgan fingerprint density at radius 3 is 2.08 bits per heavy atom. The largest absolute Gasteiger partial charge is 0.478 e. The Morgan fingerprint density at radius 1 is 0.923 bits per heavy atom. The lowest BCUT2D eigenvalue weighted by Gasteiger charge is -2.13. The van der Waals surface area contributed by atoms with Crippen LogP contribution in [-0.2, 0) is 0 Å². The summed E-state index contributed by atoms with van der Waals surface area (Å²) in [6.45, 7) is 0. The van der Waals surface area contributed by atoms with Crippen LogP contribution in [0.3, 0.4) is 0 Å². The van der Waals surface area contributed by atoms with Crippen LogP contribution in [0.1, 0.15) is 10.4 Å². The average molecular weight is 357 g/mol. The van der Waals surface area contributed by atoms with E-state index in [-0.39, 0.29) is 28.6 Å². The van der Waals surface area contributed by atoms with Gasteiger partial charge in [0.05, 0.1) is 5.56 Å². The van der Waals surface area contributed by atoms with E-state index in [1.807, 2.05) is 0 Å². The molecule has 9 heteroatoms. The number of aromatic carboxylic acids is 1. The fourth-order valence-corrected chi connectivity index (χ4v) is 2.14. The second-order valence-corrected chi connectivity index (χ2v) is 5.25. The van der Waals surface area contributed by atoms with Crippen LogP contribution in [0.5, 0.6) is 0 Å². The topological polar surface area (TPSA) is 113 Å². The normalized spacial score (nSPS) is 10.4. The zero-order chi connectivity index (χ0) is 18.7. The lowest BCUT2D eigenvalue weighted by molar-refractivity contribution is 0.0697. The number of carboxylic acid groups (broad SMARTS) is 1. The van der Waals surface area contributed by atoms with Gasteiger partial charge in [-0.1, -0.05) is 0 Å². The first-order chi connectivity index (χ1) is 12.4. The molecule has 3 aromatic rings. The van der Waals surface area contributed by atoms with Gasteiger partial charge in [0.25, 0.3) is 0 Å². The number of carbonyl (C=O) groups is 1. The minimum absolute atomic E-state index is 0.145. The van der Waals surface area contributed by atoms with Gasteiger partial charge in [-0.2, -0.15) is 0 Å². The Balaban J connectivity index is 1.82. The van der Waals surface area contributed by atoms with E-state index in [0.29, 0.717) is 5.69 Å². The van der Waals surface area contributed by atoms with Crippen molar-refractivity contribution in [1.82, 2.24) is 9.97 Å². The van der Waals surface area contributed by atoms with Crippen LogP contribution in [-0.4, -0.2) is 21.0 Å². The van der Waals surface area contributed by atoms with Crippen molar-refractivity contribution in [3.63, 3.8) is 0 Å². The zero-order valence-corrected chi connectivity index (χ0v) is 13.2. The predicted molar refractivity (Wildman–Crippen MR) is 92.8 cm³/mol. The van der Waals surface area contributed by atoms with Crippen LogP contribution in [0.4, 0.5) is 37.5 Å². The third-order valence-electron chi connectivity index (χ3n) is 3.46. The molecule has 0 bridgehead atoms. The Bertz CT molecular complexity index is 964. The standard InChI is InChI=1S/C17H13F2N5O2/c18-12-6-5-11(7-13(12)19)24-16-14(20)15(21-8-22-16)23-10-3-1-9(2-4-10)17(25)26/h1-8H,20H2,(H,25,26)(H2,21,22,23,24). The van der Waals surface area contributed by atoms with Gasteiger partial charge in [-0.05, 0) is 36.4 Å². The maximum absolute atomic E-state index is 13.3. The number of nitrogens with one attached hydrogen (secondary N) is 2. The Kier molecular flexibility index (Phi) is 4.61. The second-order valence-electron chi connectivity index (χ2n) is 5.25. The third kappa shape index (κ3) is 3.66. The van der Waals surface area contributed by atoms with E-state index >= 15 is 0 Å². The zero-order valence-electron chi connectivity index (χ0n) is 13.2. The van der Waals surface area contributed by atoms with E-state index in [4.69, 9.17) is 10.8 Å². The average Bonchev–Trinajstić information content (AvgIpc) is 2.62. The van der Waals surface area contributed by atoms with Crippen molar-refractivity contribution >= 4 is 34.7 Å². The number of nitrogens with zero attached hydrogens (tertiary/aromatic N) is 2. The predicted octanol–water partition coefficient (Wildman–Crippen LogP) is 3.52. The molecule has 0 unspecified atom stereocenters. The molecular formula is C17H13F2N5O2. The minimum atomic E-state index is -1.03. The van der Waals surface area contributed by atoms with Crippen LogP contribution < -0.4 is 16.4 Å². The van der Waals surface area contributed by atoms with Gasteiger partial charge in [0, 0.05) is 17.4 Å². The molecule has 2 aromatic carbocycles. The summed E-state index contributed by atoms with van der Waals surface area (Å²) in [5.74, 6) is -2.52. The van der Waals surface area contributed by atoms with E-state index in [2.05, 4.69) is 20.6 Å². The fourth-order valence-electron chi connectivity index (χ4n) is 2.14. The lowest BCUT2D eigenvalue weighted by atomic mass is 10.2. The highest BCUT2D eigenvalue weighted by molar-refractivity contribution is 5.88. The molecule has 7 nitrogen and oxygen atoms in total. The quantitative estimate of drug-likeness (QED) is 0.552. The molecular weight excluding hydrogens is 344 g/mol. The van der Waals surface area contributed by atoms with Crippen molar-refractivity contribution in [3.05, 3.63) is 66.0 Å². The number of nitrogen functional groups attached to an aromatic ring is 1. The van der Waals surface area contributed by atoms with Gasteiger partial charge in [-0.15, -0.1) is 0 Å². The number of anilines is 5. The van der Waals surface area contributed by atoms with Gasteiger partial charge in [-0.3, -0.25) is 0 Å². The van der Waals surface area contributed by atoms with Crippen LogP contribution >= 0.6 is 0 Å². The lowest BCUT2D eigenvalue weighted by Crippen LogP contribution is -2.05. The molecule has 0 fully saturated rings. The summed E-state index contributed by atoms with van der Waals surface area (Å²) in [6, 6.07) is 9.30. The molecule has 0 saturated carbocycles. The van der Waals surface area contributed by atoms with E-state index < -0.39 is 17.6 Å². The van der Waals surface area contributed by atoms with Gasteiger partial charge in [-0.25, -0.2) is 23.5 Å². The summed E-state index contributed by atoms with van der Waals surface area (Å²) >= 11 is 0. The second kappa shape index (κ2) is 7.01. The maximum Gasteiger partial charge on any atom is 0.335 e. The molecule has 0 aliphatic rings.